The summed E-state index contributed by atoms with van der Waals surface area (Å²) < 4.78 is 0.201. The highest BCUT2D eigenvalue weighted by molar-refractivity contribution is 9.10. The standard InChI is InChI=1S/C4H2BrN3O2/c5-4-3(8(9)10)1-6-2-7-4/h1-2H. The maximum atomic E-state index is 10.1. The molecular weight excluding hydrogens is 202 g/mol. The molecule has 52 valence electrons. The summed E-state index contributed by atoms with van der Waals surface area (Å²) in [5.74, 6) is 0. The van der Waals surface area contributed by atoms with Crippen molar-refractivity contribution in [2.75, 3.05) is 0 Å². The van der Waals surface area contributed by atoms with Gasteiger partial charge in [-0.25, -0.2) is 9.97 Å². The van der Waals surface area contributed by atoms with Gasteiger partial charge in [-0.2, -0.15) is 0 Å². The summed E-state index contributed by atoms with van der Waals surface area (Å²) in [6.45, 7) is 0. The van der Waals surface area contributed by atoms with Gasteiger partial charge in [0.05, 0.1) is 4.92 Å². The first kappa shape index (κ1) is 7.07. The minimum atomic E-state index is -0.552. The van der Waals surface area contributed by atoms with Crippen LogP contribution in [0.4, 0.5) is 5.69 Å². The maximum absolute atomic E-state index is 10.1. The van der Waals surface area contributed by atoms with E-state index in [-0.39, 0.29) is 10.3 Å². The van der Waals surface area contributed by atoms with Crippen LogP contribution in [-0.4, -0.2) is 14.9 Å². The molecule has 0 aliphatic rings. The molecule has 0 aliphatic carbocycles. The Balaban J connectivity index is 3.15. The lowest BCUT2D eigenvalue weighted by atomic mass is 10.6. The third kappa shape index (κ3) is 1.27. The van der Waals surface area contributed by atoms with Crippen LogP contribution >= 0.6 is 15.9 Å². The van der Waals surface area contributed by atoms with Crippen LogP contribution in [0, 0.1) is 10.1 Å². The third-order valence-electron chi connectivity index (χ3n) is 0.843. The SMILES string of the molecule is O=[N+]([O-])c1cncnc1Br. The Morgan fingerprint density at radius 2 is 2.40 bits per heavy atom. The van der Waals surface area contributed by atoms with Crippen molar-refractivity contribution in [3.63, 3.8) is 0 Å². The molecule has 0 spiro atoms. The van der Waals surface area contributed by atoms with E-state index in [0.29, 0.717) is 0 Å². The molecule has 0 amide bonds. The van der Waals surface area contributed by atoms with Crippen LogP contribution in [0.25, 0.3) is 0 Å². The number of nitrogens with zero attached hydrogens (tertiary/aromatic N) is 3. The molecule has 10 heavy (non-hydrogen) atoms. The predicted octanol–water partition coefficient (Wildman–Crippen LogP) is 1.15. The van der Waals surface area contributed by atoms with Crippen molar-refractivity contribution < 1.29 is 4.92 Å². The molecule has 0 saturated carbocycles. The van der Waals surface area contributed by atoms with Crippen molar-refractivity contribution in [2.24, 2.45) is 0 Å². The van der Waals surface area contributed by atoms with Gasteiger partial charge in [-0.05, 0) is 15.9 Å². The lowest BCUT2D eigenvalue weighted by Crippen LogP contribution is -1.91. The number of nitro groups is 1. The fraction of sp³-hybridized carbons (Fsp3) is 0. The highest BCUT2D eigenvalue weighted by atomic mass is 79.9. The fourth-order valence-electron chi connectivity index (χ4n) is 0.430. The number of halogens is 1. The van der Waals surface area contributed by atoms with Gasteiger partial charge in [0.25, 0.3) is 0 Å². The van der Waals surface area contributed by atoms with Gasteiger partial charge in [0.15, 0.2) is 4.60 Å². The summed E-state index contributed by atoms with van der Waals surface area (Å²) in [6.07, 6.45) is 2.37. The van der Waals surface area contributed by atoms with Gasteiger partial charge in [-0.3, -0.25) is 10.1 Å². The lowest BCUT2D eigenvalue weighted by molar-refractivity contribution is -0.386. The predicted molar refractivity (Wildman–Crippen MR) is 36.4 cm³/mol. The monoisotopic (exact) mass is 203 g/mol. The first-order chi connectivity index (χ1) is 4.72. The molecule has 1 aromatic rings. The maximum Gasteiger partial charge on any atom is 0.320 e. The van der Waals surface area contributed by atoms with Crippen LogP contribution < -0.4 is 0 Å². The largest absolute Gasteiger partial charge is 0.320 e. The lowest BCUT2D eigenvalue weighted by Gasteiger charge is -1.89. The van der Waals surface area contributed by atoms with Crippen LogP contribution in [0.5, 0.6) is 0 Å². The summed E-state index contributed by atoms with van der Waals surface area (Å²) in [5.41, 5.74) is -0.123. The quantitative estimate of drug-likeness (QED) is 0.390. The number of rotatable bonds is 1. The van der Waals surface area contributed by atoms with E-state index in [2.05, 4.69) is 25.9 Å². The minimum Gasteiger partial charge on any atom is -0.258 e. The zero-order valence-corrected chi connectivity index (χ0v) is 6.28. The number of hydrogen-bond acceptors (Lipinski definition) is 4. The average molecular weight is 204 g/mol. The van der Waals surface area contributed by atoms with Crippen molar-refractivity contribution in [1.82, 2.24) is 9.97 Å². The molecule has 1 rings (SSSR count). The molecule has 0 saturated heterocycles. The molecule has 0 atom stereocenters. The van der Waals surface area contributed by atoms with Crippen LogP contribution in [0.2, 0.25) is 0 Å². The van der Waals surface area contributed by atoms with Gasteiger partial charge in [0.1, 0.15) is 12.5 Å². The minimum absolute atomic E-state index is 0.123. The van der Waals surface area contributed by atoms with Gasteiger partial charge in [-0.15, -0.1) is 0 Å². The molecule has 5 nitrogen and oxygen atoms in total. The highest BCUT2D eigenvalue weighted by Gasteiger charge is 2.10. The van der Waals surface area contributed by atoms with Crippen LogP contribution in [0.3, 0.4) is 0 Å². The Morgan fingerprint density at radius 1 is 1.70 bits per heavy atom. The second-order valence-corrected chi connectivity index (χ2v) is 2.21. The molecule has 0 N–H and O–H groups in total. The summed E-state index contributed by atoms with van der Waals surface area (Å²) in [4.78, 5) is 16.6. The normalized spacial score (nSPS) is 9.30. The molecule has 0 aromatic carbocycles. The molecule has 0 bridgehead atoms. The van der Waals surface area contributed by atoms with E-state index in [1.807, 2.05) is 0 Å². The Morgan fingerprint density at radius 3 is 2.80 bits per heavy atom. The molecule has 0 aliphatic heterocycles. The Labute approximate surface area is 64.4 Å². The van der Waals surface area contributed by atoms with Crippen LogP contribution in [0.15, 0.2) is 17.1 Å². The summed E-state index contributed by atoms with van der Waals surface area (Å²) in [6, 6.07) is 0. The van der Waals surface area contributed by atoms with Crippen molar-refractivity contribution >= 4 is 21.6 Å². The van der Waals surface area contributed by atoms with E-state index in [9.17, 15) is 10.1 Å². The van der Waals surface area contributed by atoms with Gasteiger partial charge in [-0.1, -0.05) is 0 Å². The third-order valence-corrected chi connectivity index (χ3v) is 1.45. The topological polar surface area (TPSA) is 68.9 Å². The summed E-state index contributed by atoms with van der Waals surface area (Å²) in [7, 11) is 0. The van der Waals surface area contributed by atoms with E-state index < -0.39 is 4.92 Å². The zero-order valence-electron chi connectivity index (χ0n) is 4.69. The van der Waals surface area contributed by atoms with E-state index in [0.717, 1.165) is 6.20 Å². The van der Waals surface area contributed by atoms with Crippen LogP contribution in [0.1, 0.15) is 0 Å². The van der Waals surface area contributed by atoms with Crippen molar-refractivity contribution in [2.45, 2.75) is 0 Å². The Kier molecular flexibility index (Phi) is 1.91. The molecule has 0 radical (unpaired) electrons. The zero-order chi connectivity index (χ0) is 7.56. The molecule has 6 heteroatoms. The van der Waals surface area contributed by atoms with E-state index in [1.165, 1.54) is 6.33 Å². The number of aromatic nitrogens is 2. The Bertz CT molecular complexity index is 264. The smallest absolute Gasteiger partial charge is 0.258 e. The highest BCUT2D eigenvalue weighted by Crippen LogP contribution is 2.18. The summed E-state index contributed by atoms with van der Waals surface area (Å²) in [5, 5.41) is 10.1. The fourth-order valence-corrected chi connectivity index (χ4v) is 0.769. The van der Waals surface area contributed by atoms with E-state index >= 15 is 0 Å². The molecule has 0 fully saturated rings. The molecule has 1 aromatic heterocycles. The number of hydrogen-bond donors (Lipinski definition) is 0. The van der Waals surface area contributed by atoms with E-state index in [1.54, 1.807) is 0 Å². The van der Waals surface area contributed by atoms with Crippen LogP contribution in [-0.2, 0) is 0 Å². The van der Waals surface area contributed by atoms with Gasteiger partial charge >= 0.3 is 5.69 Å². The second kappa shape index (κ2) is 2.70. The average Bonchev–Trinajstić information content (AvgIpc) is 1.88. The van der Waals surface area contributed by atoms with Gasteiger partial charge < -0.3 is 0 Å². The van der Waals surface area contributed by atoms with Crippen molar-refractivity contribution in [3.8, 4) is 0 Å². The first-order valence-corrected chi connectivity index (χ1v) is 3.11. The Hall–Kier alpha value is -1.04. The molecular formula is C4H2BrN3O2. The molecule has 1 heterocycles. The summed E-state index contributed by atoms with van der Waals surface area (Å²) >= 11 is 2.90. The molecule has 0 unspecified atom stereocenters. The first-order valence-electron chi connectivity index (χ1n) is 2.31. The van der Waals surface area contributed by atoms with Crippen molar-refractivity contribution in [3.05, 3.63) is 27.2 Å². The second-order valence-electron chi connectivity index (χ2n) is 1.46. The van der Waals surface area contributed by atoms with E-state index in [4.69, 9.17) is 0 Å². The van der Waals surface area contributed by atoms with Gasteiger partial charge in [0.2, 0.25) is 0 Å². The van der Waals surface area contributed by atoms with Crippen molar-refractivity contribution in [1.29, 1.82) is 0 Å². The van der Waals surface area contributed by atoms with Gasteiger partial charge in [0, 0.05) is 0 Å².